The largest absolute Gasteiger partial charge is 0.392 e. The van der Waals surface area contributed by atoms with Gasteiger partial charge in [-0.2, -0.15) is 14.4 Å². The Morgan fingerprint density at radius 1 is 1.21 bits per heavy atom. The quantitative estimate of drug-likeness (QED) is 0.632. The normalized spacial score (nSPS) is 19.5. The van der Waals surface area contributed by atoms with Crippen LogP contribution in [0.2, 0.25) is 0 Å². The number of nitrogens with one attached hydrogen (secondary N) is 2. The first-order chi connectivity index (χ1) is 11.3. The summed E-state index contributed by atoms with van der Waals surface area (Å²) in [6.07, 6.45) is 0.673. The van der Waals surface area contributed by atoms with Gasteiger partial charge in [0.1, 0.15) is 16.1 Å². The number of sulfonamides is 2. The molecule has 1 aromatic carbocycles. The van der Waals surface area contributed by atoms with Gasteiger partial charge in [0.15, 0.2) is 0 Å². The minimum atomic E-state index is -4.19. The molecule has 3 N–H and O–H groups in total. The van der Waals surface area contributed by atoms with Gasteiger partial charge < -0.3 is 5.11 Å². The number of β-amino-alcohol motifs (C(OH)–C–C–N with tert-alkyl or cyclic N) is 1. The van der Waals surface area contributed by atoms with Gasteiger partial charge in [-0.1, -0.05) is 12.1 Å². The van der Waals surface area contributed by atoms with Crippen LogP contribution in [-0.4, -0.2) is 60.6 Å². The second-order valence-corrected chi connectivity index (χ2v) is 8.75. The van der Waals surface area contributed by atoms with Crippen molar-refractivity contribution in [1.82, 2.24) is 19.5 Å². The van der Waals surface area contributed by atoms with E-state index in [0.29, 0.717) is 6.42 Å². The predicted molar refractivity (Wildman–Crippen MR) is 83.0 cm³/mol. The molecule has 3 rings (SSSR count). The summed E-state index contributed by atoms with van der Waals surface area (Å²) >= 11 is 0. The Morgan fingerprint density at radius 3 is 2.50 bits per heavy atom. The number of aliphatic hydroxyl groups excluding tert-OH is 1. The van der Waals surface area contributed by atoms with Crippen LogP contribution in [0.5, 0.6) is 0 Å². The highest BCUT2D eigenvalue weighted by Crippen LogP contribution is 2.27. The number of aromatic amines is 1. The standard InChI is InChI=1S/C12H15N5O5S2/c18-9-5-6-17(7-9)24(21,22)11-4-2-1-3-10(11)23(19,20)16-12-13-8-14-15-12/h1-4,8-9,18H,5-7H2,(H2,13,14,15,16)/t9-/m0/s1. The summed E-state index contributed by atoms with van der Waals surface area (Å²) in [5.74, 6) is -0.126. The van der Waals surface area contributed by atoms with Gasteiger partial charge in [-0.3, -0.25) is 0 Å². The molecule has 0 unspecified atom stereocenters. The van der Waals surface area contributed by atoms with Gasteiger partial charge in [0.25, 0.3) is 10.0 Å². The highest BCUT2D eigenvalue weighted by atomic mass is 32.2. The maximum absolute atomic E-state index is 12.7. The zero-order valence-corrected chi connectivity index (χ0v) is 14.0. The molecule has 1 saturated heterocycles. The molecule has 0 radical (unpaired) electrons. The highest BCUT2D eigenvalue weighted by Gasteiger charge is 2.35. The highest BCUT2D eigenvalue weighted by molar-refractivity contribution is 7.94. The minimum absolute atomic E-state index is 0.0632. The number of benzene rings is 1. The van der Waals surface area contributed by atoms with Crippen molar-refractivity contribution in [2.75, 3.05) is 17.8 Å². The number of nitrogens with zero attached hydrogens (tertiary/aromatic N) is 3. The third kappa shape index (κ3) is 3.13. The number of H-pyrrole nitrogens is 1. The van der Waals surface area contributed by atoms with Gasteiger partial charge in [-0.15, -0.1) is 0 Å². The lowest BCUT2D eigenvalue weighted by molar-refractivity contribution is 0.189. The zero-order valence-electron chi connectivity index (χ0n) is 12.3. The topological polar surface area (TPSA) is 145 Å². The molecule has 1 fully saturated rings. The molecule has 1 aliphatic heterocycles. The van der Waals surface area contributed by atoms with E-state index < -0.39 is 31.0 Å². The first-order valence-corrected chi connectivity index (χ1v) is 9.88. The maximum Gasteiger partial charge on any atom is 0.265 e. The van der Waals surface area contributed by atoms with Gasteiger partial charge in [-0.05, 0) is 18.6 Å². The van der Waals surface area contributed by atoms with Crippen molar-refractivity contribution in [3.8, 4) is 0 Å². The summed E-state index contributed by atoms with van der Waals surface area (Å²) in [5, 5.41) is 15.4. The van der Waals surface area contributed by atoms with Crippen molar-refractivity contribution in [3.63, 3.8) is 0 Å². The average molecular weight is 373 g/mol. The van der Waals surface area contributed by atoms with Crippen LogP contribution in [-0.2, 0) is 20.0 Å². The molecule has 1 aromatic heterocycles. The summed E-state index contributed by atoms with van der Waals surface area (Å²) in [6.45, 7) is 0.0691. The Labute approximate surface area is 138 Å². The van der Waals surface area contributed by atoms with Crippen molar-refractivity contribution in [2.45, 2.75) is 22.3 Å². The second-order valence-electron chi connectivity index (χ2n) is 5.19. The van der Waals surface area contributed by atoms with E-state index >= 15 is 0 Å². The van der Waals surface area contributed by atoms with E-state index in [4.69, 9.17) is 0 Å². The van der Waals surface area contributed by atoms with Crippen molar-refractivity contribution in [3.05, 3.63) is 30.6 Å². The monoisotopic (exact) mass is 373 g/mol. The van der Waals surface area contributed by atoms with Gasteiger partial charge in [0.05, 0.1) is 6.10 Å². The number of hydrogen-bond donors (Lipinski definition) is 3. The molecule has 2 heterocycles. The van der Waals surface area contributed by atoms with Crippen molar-refractivity contribution >= 4 is 26.0 Å². The van der Waals surface area contributed by atoms with E-state index in [1.807, 2.05) is 0 Å². The third-order valence-electron chi connectivity index (χ3n) is 3.53. The van der Waals surface area contributed by atoms with Crippen LogP contribution in [0.3, 0.4) is 0 Å². The molecular formula is C12H15N5O5S2. The smallest absolute Gasteiger partial charge is 0.265 e. The summed E-state index contributed by atoms with van der Waals surface area (Å²) < 4.78 is 53.7. The fourth-order valence-electron chi connectivity index (χ4n) is 2.39. The molecule has 0 spiro atoms. The van der Waals surface area contributed by atoms with E-state index in [0.717, 1.165) is 10.6 Å². The van der Waals surface area contributed by atoms with Gasteiger partial charge in [-0.25, -0.2) is 26.7 Å². The predicted octanol–water partition coefficient (Wildman–Crippen LogP) is -0.639. The van der Waals surface area contributed by atoms with Crippen LogP contribution in [0.25, 0.3) is 0 Å². The third-order valence-corrected chi connectivity index (χ3v) is 6.98. The number of anilines is 1. The molecule has 130 valence electrons. The van der Waals surface area contributed by atoms with Crippen molar-refractivity contribution < 1.29 is 21.9 Å². The lowest BCUT2D eigenvalue weighted by Crippen LogP contribution is -2.31. The average Bonchev–Trinajstić information content (AvgIpc) is 3.19. The molecule has 0 aliphatic carbocycles. The molecule has 1 atom stereocenters. The fraction of sp³-hybridized carbons (Fsp3) is 0.333. The lowest BCUT2D eigenvalue weighted by Gasteiger charge is -2.18. The molecule has 1 aliphatic rings. The zero-order chi connectivity index (χ0) is 17.4. The van der Waals surface area contributed by atoms with E-state index in [2.05, 4.69) is 19.9 Å². The molecule has 0 saturated carbocycles. The summed E-state index contributed by atoms with van der Waals surface area (Å²) in [6, 6.07) is 5.27. The molecule has 0 amide bonds. The van der Waals surface area contributed by atoms with Crippen molar-refractivity contribution in [2.24, 2.45) is 0 Å². The Bertz CT molecular complexity index is 927. The summed E-state index contributed by atoms with van der Waals surface area (Å²) in [7, 11) is -8.25. The lowest BCUT2D eigenvalue weighted by atomic mass is 10.3. The number of aromatic nitrogens is 3. The first-order valence-electron chi connectivity index (χ1n) is 6.96. The van der Waals surface area contributed by atoms with Gasteiger partial charge in [0.2, 0.25) is 16.0 Å². The Balaban J connectivity index is 2.02. The maximum atomic E-state index is 12.7. The fourth-order valence-corrected chi connectivity index (χ4v) is 5.65. The van der Waals surface area contributed by atoms with E-state index in [1.165, 1.54) is 24.3 Å². The molecule has 24 heavy (non-hydrogen) atoms. The van der Waals surface area contributed by atoms with Crippen molar-refractivity contribution in [1.29, 1.82) is 0 Å². The molecule has 0 bridgehead atoms. The van der Waals surface area contributed by atoms with E-state index in [1.54, 1.807) is 0 Å². The molecule has 12 heteroatoms. The first kappa shape index (κ1) is 16.8. The van der Waals surface area contributed by atoms with Gasteiger partial charge >= 0.3 is 0 Å². The summed E-state index contributed by atoms with van der Waals surface area (Å²) in [4.78, 5) is 2.90. The van der Waals surface area contributed by atoms with Crippen LogP contribution in [0.1, 0.15) is 6.42 Å². The van der Waals surface area contributed by atoms with Crippen LogP contribution in [0, 0.1) is 0 Å². The second kappa shape index (κ2) is 6.12. The molecular weight excluding hydrogens is 358 g/mol. The summed E-state index contributed by atoms with van der Waals surface area (Å²) in [5.41, 5.74) is 0. The van der Waals surface area contributed by atoms with Crippen LogP contribution in [0.15, 0.2) is 40.4 Å². The minimum Gasteiger partial charge on any atom is -0.392 e. The Morgan fingerprint density at radius 2 is 1.92 bits per heavy atom. The molecule has 2 aromatic rings. The van der Waals surface area contributed by atoms with Crippen LogP contribution >= 0.6 is 0 Å². The number of hydrogen-bond acceptors (Lipinski definition) is 7. The Hall–Kier alpha value is -2.02. The Kier molecular flexibility index (Phi) is 4.29. The van der Waals surface area contributed by atoms with Crippen LogP contribution < -0.4 is 4.72 Å². The van der Waals surface area contributed by atoms with E-state index in [9.17, 15) is 21.9 Å². The van der Waals surface area contributed by atoms with E-state index in [-0.39, 0.29) is 23.9 Å². The van der Waals surface area contributed by atoms with Crippen LogP contribution in [0.4, 0.5) is 5.95 Å². The van der Waals surface area contributed by atoms with Gasteiger partial charge in [0, 0.05) is 13.1 Å². The molecule has 10 nitrogen and oxygen atoms in total. The number of rotatable bonds is 5. The number of aliphatic hydroxyl groups is 1. The SMILES string of the molecule is O=S(=O)(Nc1ncn[nH]1)c1ccccc1S(=O)(=O)N1CC[C@H](O)C1.